The molecule has 4 unspecified atom stereocenters. The molecule has 0 aromatic carbocycles. The van der Waals surface area contributed by atoms with Crippen molar-refractivity contribution in [3.8, 4) is 0 Å². The van der Waals surface area contributed by atoms with Gasteiger partial charge in [-0.1, -0.05) is 6.42 Å². The number of hydrogen-bond acceptors (Lipinski definition) is 5. The highest BCUT2D eigenvalue weighted by Crippen LogP contribution is 2.52. The Morgan fingerprint density at radius 2 is 1.92 bits per heavy atom. The van der Waals surface area contributed by atoms with Crippen molar-refractivity contribution in [2.45, 2.75) is 63.0 Å². The average Bonchev–Trinajstić information content (AvgIpc) is 3.08. The first-order chi connectivity index (χ1) is 11.3. The van der Waals surface area contributed by atoms with Gasteiger partial charge in [-0.05, 0) is 44.9 Å². The molecule has 0 amide bonds. The minimum absolute atomic E-state index is 0.191. The highest BCUT2D eigenvalue weighted by atomic mass is 32.2. The molecule has 2 aliphatic rings. The Labute approximate surface area is 144 Å². The van der Waals surface area contributed by atoms with E-state index in [0.717, 1.165) is 19.3 Å². The molecule has 0 spiro atoms. The van der Waals surface area contributed by atoms with Crippen LogP contribution in [0.1, 0.15) is 46.0 Å². The van der Waals surface area contributed by atoms with Gasteiger partial charge in [-0.2, -0.15) is 17.2 Å². The molecule has 4 atom stereocenters. The third kappa shape index (κ3) is 4.39. The van der Waals surface area contributed by atoms with Crippen LogP contribution in [-0.2, 0) is 19.6 Å². The van der Waals surface area contributed by atoms with Crippen LogP contribution in [-0.4, -0.2) is 42.8 Å². The van der Waals surface area contributed by atoms with Crippen LogP contribution in [0.25, 0.3) is 0 Å². The normalized spacial score (nSPS) is 28.0. The first-order valence-electron chi connectivity index (χ1n) is 8.19. The van der Waals surface area contributed by atoms with Crippen molar-refractivity contribution in [3.63, 3.8) is 0 Å². The third-order valence-corrected chi connectivity index (χ3v) is 6.22. The summed E-state index contributed by atoms with van der Waals surface area (Å²) < 4.78 is 78.3. The van der Waals surface area contributed by atoms with Gasteiger partial charge in [-0.3, -0.25) is 4.55 Å². The SMILES string of the molecule is CC(C)(OC(=O)OCCC(F)C(F)(F)S(=O)(=O)O)C1CC2CCC1C2. The zero-order valence-corrected chi connectivity index (χ0v) is 14.9. The van der Waals surface area contributed by atoms with E-state index in [-0.39, 0.29) is 5.92 Å². The van der Waals surface area contributed by atoms with E-state index in [1.165, 1.54) is 6.42 Å². The Balaban J connectivity index is 1.79. The minimum Gasteiger partial charge on any atom is -0.434 e. The topological polar surface area (TPSA) is 89.9 Å². The summed E-state index contributed by atoms with van der Waals surface area (Å²) in [5, 5.41) is -4.96. The van der Waals surface area contributed by atoms with Gasteiger partial charge < -0.3 is 9.47 Å². The van der Waals surface area contributed by atoms with Crippen molar-refractivity contribution in [1.29, 1.82) is 0 Å². The Morgan fingerprint density at radius 3 is 2.40 bits per heavy atom. The van der Waals surface area contributed by atoms with Crippen LogP contribution in [0.4, 0.5) is 18.0 Å². The number of rotatable bonds is 7. The molecule has 1 N–H and O–H groups in total. The zero-order valence-electron chi connectivity index (χ0n) is 14.1. The van der Waals surface area contributed by atoms with Gasteiger partial charge in [0.25, 0.3) is 0 Å². The van der Waals surface area contributed by atoms with Crippen molar-refractivity contribution in [3.05, 3.63) is 0 Å². The smallest absolute Gasteiger partial charge is 0.434 e. The second-order valence-corrected chi connectivity index (χ2v) is 8.87. The number of halogens is 3. The van der Waals surface area contributed by atoms with Crippen molar-refractivity contribution in [2.75, 3.05) is 6.61 Å². The molecule has 0 saturated heterocycles. The fourth-order valence-electron chi connectivity index (χ4n) is 3.99. The Hall–Kier alpha value is -1.03. The van der Waals surface area contributed by atoms with Gasteiger partial charge in [-0.25, -0.2) is 9.18 Å². The van der Waals surface area contributed by atoms with E-state index < -0.39 is 46.3 Å². The van der Waals surface area contributed by atoms with Crippen LogP contribution < -0.4 is 0 Å². The van der Waals surface area contributed by atoms with Crippen LogP contribution in [0.5, 0.6) is 0 Å². The maximum absolute atomic E-state index is 13.3. The highest BCUT2D eigenvalue weighted by molar-refractivity contribution is 7.86. The second-order valence-electron chi connectivity index (χ2n) is 7.38. The Bertz CT molecular complexity index is 606. The molecule has 0 aliphatic heterocycles. The van der Waals surface area contributed by atoms with Crippen LogP contribution >= 0.6 is 0 Å². The van der Waals surface area contributed by atoms with Gasteiger partial charge in [0.2, 0.25) is 0 Å². The zero-order chi connectivity index (χ0) is 19.0. The molecule has 2 rings (SSSR count). The predicted octanol–water partition coefficient (Wildman–Crippen LogP) is 3.56. The van der Waals surface area contributed by atoms with E-state index >= 15 is 0 Å². The van der Waals surface area contributed by atoms with Gasteiger partial charge in [0, 0.05) is 12.3 Å². The van der Waals surface area contributed by atoms with Crippen molar-refractivity contribution < 1.29 is 40.4 Å². The van der Waals surface area contributed by atoms with Gasteiger partial charge in [0.15, 0.2) is 6.17 Å². The van der Waals surface area contributed by atoms with Crippen LogP contribution in [0.3, 0.4) is 0 Å². The number of carbonyl (C=O) groups is 1. The molecule has 2 aliphatic carbocycles. The fourth-order valence-corrected chi connectivity index (χ4v) is 4.43. The molecule has 2 saturated carbocycles. The summed E-state index contributed by atoms with van der Waals surface area (Å²) in [4.78, 5) is 11.7. The van der Waals surface area contributed by atoms with E-state index in [1.54, 1.807) is 13.8 Å². The third-order valence-electron chi connectivity index (χ3n) is 5.28. The lowest BCUT2D eigenvalue weighted by Gasteiger charge is -2.36. The molecule has 146 valence electrons. The van der Waals surface area contributed by atoms with Crippen molar-refractivity contribution in [1.82, 2.24) is 0 Å². The van der Waals surface area contributed by atoms with Crippen molar-refractivity contribution in [2.24, 2.45) is 17.8 Å². The molecular weight excluding hydrogens is 365 g/mol. The quantitative estimate of drug-likeness (QED) is 0.530. The number of hydrogen-bond donors (Lipinski definition) is 1. The second kappa shape index (κ2) is 6.94. The predicted molar refractivity (Wildman–Crippen MR) is 81.5 cm³/mol. The van der Waals surface area contributed by atoms with E-state index in [9.17, 15) is 26.4 Å². The molecule has 10 heteroatoms. The molecule has 0 aromatic heterocycles. The van der Waals surface area contributed by atoms with Gasteiger partial charge >= 0.3 is 21.5 Å². The number of alkyl halides is 3. The first kappa shape index (κ1) is 20.3. The average molecular weight is 388 g/mol. The molecule has 2 bridgehead atoms. The summed E-state index contributed by atoms with van der Waals surface area (Å²) in [6.45, 7) is 2.71. The van der Waals surface area contributed by atoms with Gasteiger partial charge in [-0.15, -0.1) is 0 Å². The molecular formula is C15H23F3O6S. The fraction of sp³-hybridized carbons (Fsp3) is 0.933. The van der Waals surface area contributed by atoms with Gasteiger partial charge in [0.1, 0.15) is 5.60 Å². The monoisotopic (exact) mass is 388 g/mol. The van der Waals surface area contributed by atoms with Crippen molar-refractivity contribution >= 4 is 16.3 Å². The van der Waals surface area contributed by atoms with Crippen LogP contribution in [0.2, 0.25) is 0 Å². The summed E-state index contributed by atoms with van der Waals surface area (Å²) in [5.41, 5.74) is -0.787. The number of fused-ring (bicyclic) bond motifs is 2. The summed E-state index contributed by atoms with van der Waals surface area (Å²) in [6.07, 6.45) is -1.06. The summed E-state index contributed by atoms with van der Waals surface area (Å²) in [6, 6.07) is 0. The van der Waals surface area contributed by atoms with Crippen LogP contribution in [0, 0.1) is 17.8 Å². The lowest BCUT2D eigenvalue weighted by molar-refractivity contribution is -0.0655. The lowest BCUT2D eigenvalue weighted by atomic mass is 9.78. The molecule has 0 heterocycles. The summed E-state index contributed by atoms with van der Waals surface area (Å²) in [5.74, 6) is 1.32. The molecule has 0 radical (unpaired) electrons. The van der Waals surface area contributed by atoms with E-state index in [0.29, 0.717) is 11.8 Å². The number of ether oxygens (including phenoxy) is 2. The van der Waals surface area contributed by atoms with Gasteiger partial charge in [0.05, 0.1) is 6.61 Å². The Kier molecular flexibility index (Phi) is 5.63. The molecule has 2 fully saturated rings. The maximum Gasteiger partial charge on any atom is 0.508 e. The Morgan fingerprint density at radius 1 is 1.28 bits per heavy atom. The van der Waals surface area contributed by atoms with Crippen LogP contribution in [0.15, 0.2) is 0 Å². The van der Waals surface area contributed by atoms with E-state index in [4.69, 9.17) is 9.29 Å². The maximum atomic E-state index is 13.3. The standard InChI is InChI=1S/C15H23F3O6S/c1-14(2,11-8-9-3-4-10(11)7-9)24-13(19)23-6-5-12(16)15(17,18)25(20,21)22/h9-12H,3-8H2,1-2H3,(H,20,21,22). The van der Waals surface area contributed by atoms with E-state index in [2.05, 4.69) is 4.74 Å². The molecule has 25 heavy (non-hydrogen) atoms. The molecule has 6 nitrogen and oxygen atoms in total. The van der Waals surface area contributed by atoms with E-state index in [1.807, 2.05) is 0 Å². The summed E-state index contributed by atoms with van der Waals surface area (Å²) in [7, 11) is -5.88. The highest BCUT2D eigenvalue weighted by Gasteiger charge is 2.52. The number of carbonyl (C=O) groups excluding carboxylic acids is 1. The summed E-state index contributed by atoms with van der Waals surface area (Å²) >= 11 is 0. The molecule has 0 aromatic rings. The minimum atomic E-state index is -5.88. The lowest BCUT2D eigenvalue weighted by Crippen LogP contribution is -2.40. The first-order valence-corrected chi connectivity index (χ1v) is 9.63. The largest absolute Gasteiger partial charge is 0.508 e.